The molecular formula is C8H13NO3S. The first-order chi connectivity index (χ1) is 5.97. The molecule has 1 atom stereocenters. The van der Waals surface area contributed by atoms with Gasteiger partial charge in [-0.2, -0.15) is 0 Å². The SMILES string of the molecule is CCOC(=O)C1NC(=S)OC1(C)C. The molecule has 1 unspecified atom stereocenters. The number of carbonyl (C=O) groups excluding carboxylic acids is 1. The lowest BCUT2D eigenvalue weighted by molar-refractivity contribution is -0.148. The predicted molar refractivity (Wildman–Crippen MR) is 51.3 cm³/mol. The molecule has 0 amide bonds. The number of carbonyl (C=O) groups is 1. The molecule has 74 valence electrons. The van der Waals surface area contributed by atoms with Crippen LogP contribution in [0.25, 0.3) is 0 Å². The first kappa shape index (κ1) is 10.2. The van der Waals surface area contributed by atoms with Gasteiger partial charge >= 0.3 is 5.97 Å². The van der Waals surface area contributed by atoms with Crippen LogP contribution in [0.4, 0.5) is 0 Å². The number of hydrogen-bond acceptors (Lipinski definition) is 4. The van der Waals surface area contributed by atoms with E-state index in [2.05, 4.69) is 5.32 Å². The molecule has 1 saturated heterocycles. The molecule has 1 fully saturated rings. The van der Waals surface area contributed by atoms with E-state index in [1.807, 2.05) is 0 Å². The van der Waals surface area contributed by atoms with Gasteiger partial charge in [-0.15, -0.1) is 0 Å². The van der Waals surface area contributed by atoms with Gasteiger partial charge in [0.15, 0.2) is 6.04 Å². The summed E-state index contributed by atoms with van der Waals surface area (Å²) in [7, 11) is 0. The highest BCUT2D eigenvalue weighted by Crippen LogP contribution is 2.22. The molecule has 0 aromatic rings. The number of esters is 1. The van der Waals surface area contributed by atoms with Crippen molar-refractivity contribution in [2.24, 2.45) is 0 Å². The van der Waals surface area contributed by atoms with Crippen LogP contribution in [0, 0.1) is 0 Å². The van der Waals surface area contributed by atoms with E-state index < -0.39 is 11.6 Å². The van der Waals surface area contributed by atoms with Gasteiger partial charge in [0.05, 0.1) is 6.61 Å². The number of nitrogens with one attached hydrogen (secondary N) is 1. The first-order valence-electron chi connectivity index (χ1n) is 4.13. The molecule has 4 nitrogen and oxygen atoms in total. The minimum absolute atomic E-state index is 0.253. The van der Waals surface area contributed by atoms with Crippen molar-refractivity contribution >= 4 is 23.4 Å². The smallest absolute Gasteiger partial charge is 0.332 e. The van der Waals surface area contributed by atoms with E-state index in [0.29, 0.717) is 6.61 Å². The fourth-order valence-electron chi connectivity index (χ4n) is 1.19. The van der Waals surface area contributed by atoms with Crippen molar-refractivity contribution in [3.63, 3.8) is 0 Å². The molecule has 1 heterocycles. The molecule has 0 bridgehead atoms. The van der Waals surface area contributed by atoms with Crippen LogP contribution in [-0.2, 0) is 14.3 Å². The number of rotatable bonds is 2. The first-order valence-corrected chi connectivity index (χ1v) is 4.54. The molecule has 0 aliphatic carbocycles. The molecule has 0 aromatic heterocycles. The topological polar surface area (TPSA) is 47.6 Å². The quantitative estimate of drug-likeness (QED) is 0.526. The zero-order chi connectivity index (χ0) is 10.1. The summed E-state index contributed by atoms with van der Waals surface area (Å²) in [5.41, 5.74) is -0.622. The third kappa shape index (κ3) is 2.09. The van der Waals surface area contributed by atoms with Crippen molar-refractivity contribution in [3.05, 3.63) is 0 Å². The zero-order valence-corrected chi connectivity index (χ0v) is 8.73. The normalized spacial score (nSPS) is 24.8. The Morgan fingerprint density at radius 1 is 1.77 bits per heavy atom. The van der Waals surface area contributed by atoms with Gasteiger partial charge in [-0.3, -0.25) is 0 Å². The van der Waals surface area contributed by atoms with E-state index in [0.717, 1.165) is 0 Å². The van der Waals surface area contributed by atoms with Crippen molar-refractivity contribution in [2.75, 3.05) is 6.61 Å². The van der Waals surface area contributed by atoms with Crippen molar-refractivity contribution in [1.29, 1.82) is 0 Å². The molecule has 1 rings (SSSR count). The molecule has 13 heavy (non-hydrogen) atoms. The van der Waals surface area contributed by atoms with Crippen molar-refractivity contribution in [1.82, 2.24) is 5.32 Å². The lowest BCUT2D eigenvalue weighted by Gasteiger charge is -2.21. The Bertz CT molecular complexity index is 240. The van der Waals surface area contributed by atoms with Crippen LogP contribution in [0.15, 0.2) is 0 Å². The van der Waals surface area contributed by atoms with Gasteiger partial charge in [0.1, 0.15) is 5.60 Å². The van der Waals surface area contributed by atoms with Gasteiger partial charge in [0.2, 0.25) is 0 Å². The monoisotopic (exact) mass is 203 g/mol. The second-order valence-electron chi connectivity index (χ2n) is 3.32. The van der Waals surface area contributed by atoms with Crippen LogP contribution < -0.4 is 5.32 Å². The maximum Gasteiger partial charge on any atom is 0.332 e. The van der Waals surface area contributed by atoms with Crippen LogP contribution >= 0.6 is 12.2 Å². The average molecular weight is 203 g/mol. The second kappa shape index (κ2) is 3.49. The molecule has 5 heteroatoms. The summed E-state index contributed by atoms with van der Waals surface area (Å²) < 4.78 is 10.1. The Kier molecular flexibility index (Phi) is 2.75. The molecule has 1 aliphatic heterocycles. The Labute approximate surface area is 82.6 Å². The minimum Gasteiger partial charge on any atom is -0.464 e. The average Bonchev–Trinajstić information content (AvgIpc) is 2.24. The van der Waals surface area contributed by atoms with Crippen LogP contribution in [0.2, 0.25) is 0 Å². The summed E-state index contributed by atoms with van der Waals surface area (Å²) in [6.45, 7) is 5.71. The standard InChI is InChI=1S/C8H13NO3S/c1-4-11-6(10)5-8(2,3)12-7(13)9-5/h5H,4H2,1-3H3,(H,9,13). The lowest BCUT2D eigenvalue weighted by Crippen LogP contribution is -2.46. The Hall–Kier alpha value is -0.840. The van der Waals surface area contributed by atoms with Crippen LogP contribution in [0.1, 0.15) is 20.8 Å². The van der Waals surface area contributed by atoms with E-state index in [9.17, 15) is 4.79 Å². The predicted octanol–water partition coefficient (Wildman–Crippen LogP) is 0.601. The van der Waals surface area contributed by atoms with Gasteiger partial charge in [-0.25, -0.2) is 4.79 Å². The molecule has 0 spiro atoms. The number of thiocarbonyl (C=S) groups is 1. The van der Waals surface area contributed by atoms with Gasteiger partial charge in [-0.05, 0) is 33.0 Å². The number of ether oxygens (including phenoxy) is 2. The van der Waals surface area contributed by atoms with E-state index >= 15 is 0 Å². The maximum absolute atomic E-state index is 11.4. The Balaban J connectivity index is 2.69. The van der Waals surface area contributed by atoms with Crippen molar-refractivity contribution in [2.45, 2.75) is 32.4 Å². The van der Waals surface area contributed by atoms with Crippen LogP contribution in [-0.4, -0.2) is 29.4 Å². The summed E-state index contributed by atoms with van der Waals surface area (Å²) in [5.74, 6) is -0.327. The summed E-state index contributed by atoms with van der Waals surface area (Å²) >= 11 is 4.81. The molecule has 1 N–H and O–H groups in total. The summed E-state index contributed by atoms with van der Waals surface area (Å²) in [4.78, 5) is 11.4. The summed E-state index contributed by atoms with van der Waals surface area (Å²) in [5, 5.41) is 3.02. The van der Waals surface area contributed by atoms with Gasteiger partial charge in [0, 0.05) is 0 Å². The van der Waals surface area contributed by atoms with E-state index in [1.54, 1.807) is 20.8 Å². The highest BCUT2D eigenvalue weighted by Gasteiger charge is 2.45. The second-order valence-corrected chi connectivity index (χ2v) is 3.69. The van der Waals surface area contributed by atoms with E-state index in [1.165, 1.54) is 0 Å². The third-order valence-corrected chi connectivity index (χ3v) is 2.04. The van der Waals surface area contributed by atoms with E-state index in [4.69, 9.17) is 21.7 Å². The fourth-order valence-corrected chi connectivity index (χ4v) is 1.52. The van der Waals surface area contributed by atoms with Crippen LogP contribution in [0.3, 0.4) is 0 Å². The van der Waals surface area contributed by atoms with Crippen molar-refractivity contribution in [3.8, 4) is 0 Å². The molecule has 0 saturated carbocycles. The number of hydrogen-bond donors (Lipinski definition) is 1. The molecule has 0 aromatic carbocycles. The molecular weight excluding hydrogens is 190 g/mol. The van der Waals surface area contributed by atoms with Gasteiger partial charge in [-0.1, -0.05) is 0 Å². The maximum atomic E-state index is 11.4. The van der Waals surface area contributed by atoms with Gasteiger partial charge < -0.3 is 14.8 Å². The fraction of sp³-hybridized carbons (Fsp3) is 0.750. The van der Waals surface area contributed by atoms with E-state index in [-0.39, 0.29) is 11.1 Å². The minimum atomic E-state index is -0.622. The highest BCUT2D eigenvalue weighted by atomic mass is 32.1. The Morgan fingerprint density at radius 2 is 2.38 bits per heavy atom. The largest absolute Gasteiger partial charge is 0.464 e. The zero-order valence-electron chi connectivity index (χ0n) is 7.92. The summed E-state index contributed by atoms with van der Waals surface area (Å²) in [6, 6.07) is -0.500. The molecule has 1 aliphatic rings. The lowest BCUT2D eigenvalue weighted by atomic mass is 10.0. The molecule has 0 radical (unpaired) electrons. The third-order valence-electron chi connectivity index (χ3n) is 1.84. The highest BCUT2D eigenvalue weighted by molar-refractivity contribution is 7.80. The van der Waals surface area contributed by atoms with Crippen molar-refractivity contribution < 1.29 is 14.3 Å². The van der Waals surface area contributed by atoms with Crippen LogP contribution in [0.5, 0.6) is 0 Å². The Morgan fingerprint density at radius 3 is 2.77 bits per heavy atom. The summed E-state index contributed by atoms with van der Waals surface area (Å²) in [6.07, 6.45) is 0. The van der Waals surface area contributed by atoms with Gasteiger partial charge in [0.25, 0.3) is 5.17 Å².